The molecule has 1 saturated heterocycles. The number of hydrogen-bond acceptors (Lipinski definition) is 4. The summed E-state index contributed by atoms with van der Waals surface area (Å²) in [6.45, 7) is 2.18. The zero-order valence-corrected chi connectivity index (χ0v) is 15.8. The van der Waals surface area contributed by atoms with Gasteiger partial charge in [0.1, 0.15) is 0 Å². The molecule has 6 nitrogen and oxygen atoms in total. The highest BCUT2D eigenvalue weighted by Crippen LogP contribution is 2.27. The van der Waals surface area contributed by atoms with E-state index in [0.717, 1.165) is 25.7 Å². The summed E-state index contributed by atoms with van der Waals surface area (Å²) in [5.74, 6) is -0.0413. The minimum Gasteiger partial charge on any atom is -0.380 e. The molecule has 2 atom stereocenters. The highest BCUT2D eigenvalue weighted by atomic mass is 16.3. The van der Waals surface area contributed by atoms with E-state index in [-0.39, 0.29) is 0 Å². The average Bonchev–Trinajstić information content (AvgIpc) is 2.68. The third kappa shape index (κ3) is 4.77. The minimum absolute atomic E-state index is 0.456. The smallest absolute Gasteiger partial charge is 0.254 e. The molecule has 6 heteroatoms. The molecule has 26 heavy (non-hydrogen) atoms. The predicted molar refractivity (Wildman–Crippen MR) is 98.3 cm³/mol. The molecule has 0 unspecified atom stereocenters. The zero-order valence-electron chi connectivity index (χ0n) is 15.8. The summed E-state index contributed by atoms with van der Waals surface area (Å²) in [4.78, 5) is 28.5. The fourth-order valence-electron chi connectivity index (χ4n) is 4.83. The van der Waals surface area contributed by atoms with Crippen LogP contribution in [0.25, 0.3) is 0 Å². The number of hydrogen-bond donors (Lipinski definition) is 2. The summed E-state index contributed by atoms with van der Waals surface area (Å²) in [5, 5.41) is 20.5. The van der Waals surface area contributed by atoms with Crippen molar-refractivity contribution in [3.8, 4) is 0 Å². The standard InChI is InChI=1S/C20H34N2O4/c23-17-18(24)20(26)22(14-16-9-5-2-6-10-16)12-11-21(19(17)25)13-15-7-3-1-4-8-15/h15-18,23-24H,1-14H2/t17-,18-/m1/s1. The Kier molecular flexibility index (Phi) is 6.92. The van der Waals surface area contributed by atoms with Gasteiger partial charge >= 0.3 is 0 Å². The van der Waals surface area contributed by atoms with Crippen LogP contribution in [0.3, 0.4) is 0 Å². The first-order valence-electron chi connectivity index (χ1n) is 10.5. The minimum atomic E-state index is -1.64. The molecule has 2 aliphatic carbocycles. The van der Waals surface area contributed by atoms with E-state index in [1.807, 2.05) is 0 Å². The Bertz CT molecular complexity index is 442. The van der Waals surface area contributed by atoms with E-state index in [4.69, 9.17) is 0 Å². The average molecular weight is 367 g/mol. The quantitative estimate of drug-likeness (QED) is 0.791. The van der Waals surface area contributed by atoms with Gasteiger partial charge in [0.15, 0.2) is 12.2 Å². The molecule has 3 fully saturated rings. The van der Waals surface area contributed by atoms with Gasteiger partial charge in [-0.25, -0.2) is 0 Å². The molecule has 0 bridgehead atoms. The van der Waals surface area contributed by atoms with Crippen molar-refractivity contribution in [2.75, 3.05) is 26.2 Å². The molecule has 148 valence electrons. The maximum Gasteiger partial charge on any atom is 0.254 e. The Balaban J connectivity index is 1.65. The third-order valence-electron chi connectivity index (χ3n) is 6.47. The highest BCUT2D eigenvalue weighted by Gasteiger charge is 2.39. The second-order valence-corrected chi connectivity index (χ2v) is 8.47. The van der Waals surface area contributed by atoms with Gasteiger partial charge in [-0.15, -0.1) is 0 Å². The van der Waals surface area contributed by atoms with Crippen molar-refractivity contribution in [1.29, 1.82) is 0 Å². The fraction of sp³-hybridized carbons (Fsp3) is 0.900. The number of rotatable bonds is 4. The Morgan fingerprint density at radius 2 is 1.00 bits per heavy atom. The van der Waals surface area contributed by atoms with Crippen LogP contribution in [0.5, 0.6) is 0 Å². The Morgan fingerprint density at radius 3 is 1.35 bits per heavy atom. The van der Waals surface area contributed by atoms with Crippen molar-refractivity contribution in [2.24, 2.45) is 11.8 Å². The van der Waals surface area contributed by atoms with Gasteiger partial charge in [-0.05, 0) is 37.5 Å². The first-order valence-corrected chi connectivity index (χ1v) is 10.5. The summed E-state index contributed by atoms with van der Waals surface area (Å²) >= 11 is 0. The summed E-state index contributed by atoms with van der Waals surface area (Å²) in [5.41, 5.74) is 0. The molecule has 0 spiro atoms. The van der Waals surface area contributed by atoms with Crippen LogP contribution in [0.4, 0.5) is 0 Å². The molecule has 2 N–H and O–H groups in total. The lowest BCUT2D eigenvalue weighted by molar-refractivity contribution is -0.163. The van der Waals surface area contributed by atoms with Crippen molar-refractivity contribution in [2.45, 2.75) is 76.4 Å². The first kappa shape index (κ1) is 19.6. The summed E-state index contributed by atoms with van der Waals surface area (Å²) in [6.07, 6.45) is 8.51. The lowest BCUT2D eigenvalue weighted by Gasteiger charge is -2.38. The van der Waals surface area contributed by atoms with Crippen molar-refractivity contribution < 1.29 is 19.8 Å². The molecular formula is C20H34N2O4. The van der Waals surface area contributed by atoms with Gasteiger partial charge in [0.2, 0.25) is 0 Å². The Labute approximate surface area is 156 Å². The fourth-order valence-corrected chi connectivity index (χ4v) is 4.83. The Hall–Kier alpha value is -1.14. The van der Waals surface area contributed by atoms with Crippen LogP contribution in [0.1, 0.15) is 64.2 Å². The highest BCUT2D eigenvalue weighted by molar-refractivity contribution is 5.91. The van der Waals surface area contributed by atoms with Crippen LogP contribution >= 0.6 is 0 Å². The molecule has 0 radical (unpaired) electrons. The molecule has 2 amide bonds. The molecule has 2 saturated carbocycles. The lowest BCUT2D eigenvalue weighted by atomic mass is 9.88. The lowest BCUT2D eigenvalue weighted by Crippen LogP contribution is -2.58. The topological polar surface area (TPSA) is 81.1 Å². The van der Waals surface area contributed by atoms with Gasteiger partial charge in [0.25, 0.3) is 11.8 Å². The summed E-state index contributed by atoms with van der Waals surface area (Å²) in [6, 6.07) is 0. The molecule has 0 aromatic carbocycles. The van der Waals surface area contributed by atoms with Crippen LogP contribution in [-0.4, -0.2) is 70.2 Å². The van der Waals surface area contributed by atoms with E-state index in [9.17, 15) is 19.8 Å². The van der Waals surface area contributed by atoms with E-state index in [1.54, 1.807) is 9.80 Å². The van der Waals surface area contributed by atoms with Crippen molar-refractivity contribution in [3.63, 3.8) is 0 Å². The van der Waals surface area contributed by atoms with E-state index in [1.165, 1.54) is 38.5 Å². The van der Waals surface area contributed by atoms with Gasteiger partial charge in [0, 0.05) is 26.2 Å². The van der Waals surface area contributed by atoms with Gasteiger partial charge in [-0.1, -0.05) is 38.5 Å². The second-order valence-electron chi connectivity index (χ2n) is 8.47. The molecule has 3 rings (SSSR count). The number of carbonyl (C=O) groups excluding carboxylic acids is 2. The van der Waals surface area contributed by atoms with Gasteiger partial charge < -0.3 is 20.0 Å². The SMILES string of the molecule is O=C1[C@H](O)[C@@H](O)C(=O)N(CC2CCCCC2)CCN1CC1CCCCC1. The van der Waals surface area contributed by atoms with E-state index < -0.39 is 24.0 Å². The number of nitrogens with zero attached hydrogens (tertiary/aromatic N) is 2. The maximum atomic E-state index is 12.6. The van der Waals surface area contributed by atoms with Gasteiger partial charge in [-0.2, -0.15) is 0 Å². The van der Waals surface area contributed by atoms with E-state index in [0.29, 0.717) is 38.0 Å². The van der Waals surface area contributed by atoms with Gasteiger partial charge in [0.05, 0.1) is 0 Å². The monoisotopic (exact) mass is 366 g/mol. The molecule has 0 aromatic heterocycles. The third-order valence-corrected chi connectivity index (χ3v) is 6.47. The van der Waals surface area contributed by atoms with Crippen molar-refractivity contribution in [1.82, 2.24) is 9.80 Å². The van der Waals surface area contributed by atoms with Crippen molar-refractivity contribution in [3.05, 3.63) is 0 Å². The van der Waals surface area contributed by atoms with Crippen LogP contribution in [0.2, 0.25) is 0 Å². The summed E-state index contributed by atoms with van der Waals surface area (Å²) < 4.78 is 0. The molecular weight excluding hydrogens is 332 g/mol. The van der Waals surface area contributed by atoms with E-state index in [2.05, 4.69) is 0 Å². The normalized spacial score (nSPS) is 30.4. The predicted octanol–water partition coefficient (Wildman–Crippen LogP) is 1.54. The van der Waals surface area contributed by atoms with Crippen LogP contribution in [0.15, 0.2) is 0 Å². The number of carbonyl (C=O) groups is 2. The summed E-state index contributed by atoms with van der Waals surface area (Å²) in [7, 11) is 0. The number of aliphatic hydroxyl groups is 2. The van der Waals surface area contributed by atoms with Crippen LogP contribution in [0, 0.1) is 11.8 Å². The molecule has 0 aromatic rings. The molecule has 1 aliphatic heterocycles. The zero-order chi connectivity index (χ0) is 18.5. The second kappa shape index (κ2) is 9.18. The molecule has 3 aliphatic rings. The maximum absolute atomic E-state index is 12.6. The number of amides is 2. The Morgan fingerprint density at radius 1 is 0.654 bits per heavy atom. The van der Waals surface area contributed by atoms with Crippen LogP contribution < -0.4 is 0 Å². The largest absolute Gasteiger partial charge is 0.380 e. The number of aliphatic hydroxyl groups excluding tert-OH is 2. The van der Waals surface area contributed by atoms with Gasteiger partial charge in [-0.3, -0.25) is 9.59 Å². The van der Waals surface area contributed by atoms with Crippen molar-refractivity contribution >= 4 is 11.8 Å². The van der Waals surface area contributed by atoms with Crippen LogP contribution in [-0.2, 0) is 9.59 Å². The van der Waals surface area contributed by atoms with E-state index >= 15 is 0 Å². The molecule has 1 heterocycles. The first-order chi connectivity index (χ1) is 12.6.